The molecule has 0 aliphatic heterocycles. The Balaban J connectivity index is 1.41. The van der Waals surface area contributed by atoms with Gasteiger partial charge in [-0.2, -0.15) is 5.26 Å². The number of benzene rings is 1. The Hall–Kier alpha value is -1.81. The summed E-state index contributed by atoms with van der Waals surface area (Å²) in [7, 11) is 0. The first-order chi connectivity index (χ1) is 14.2. The van der Waals surface area contributed by atoms with Crippen molar-refractivity contribution in [2.75, 3.05) is 0 Å². The Labute approximate surface area is 178 Å². The summed E-state index contributed by atoms with van der Waals surface area (Å²) >= 11 is 0. The minimum absolute atomic E-state index is 0.755. The second-order valence-electron chi connectivity index (χ2n) is 9.44. The van der Waals surface area contributed by atoms with Crippen molar-refractivity contribution in [3.05, 3.63) is 59.7 Å². The Bertz CT molecular complexity index is 689. The molecule has 0 amide bonds. The number of nitrogens with zero attached hydrogens (tertiary/aromatic N) is 1. The van der Waals surface area contributed by atoms with Crippen molar-refractivity contribution >= 4 is 0 Å². The quantitative estimate of drug-likeness (QED) is 0.325. The Kier molecular flexibility index (Phi) is 8.60. The smallest absolute Gasteiger partial charge is 0.0908 e. The average Bonchev–Trinajstić information content (AvgIpc) is 2.78. The van der Waals surface area contributed by atoms with Crippen LogP contribution in [0.15, 0.2) is 48.6 Å². The number of nitriles is 1. The summed E-state index contributed by atoms with van der Waals surface area (Å²) in [6, 6.07) is 11.6. The van der Waals surface area contributed by atoms with Gasteiger partial charge in [-0.25, -0.2) is 0 Å². The van der Waals surface area contributed by atoms with Gasteiger partial charge < -0.3 is 0 Å². The van der Waals surface area contributed by atoms with Crippen LogP contribution in [-0.4, -0.2) is 0 Å². The van der Waals surface area contributed by atoms with E-state index < -0.39 is 0 Å². The van der Waals surface area contributed by atoms with Gasteiger partial charge in [0.1, 0.15) is 0 Å². The molecule has 3 rings (SSSR count). The third-order valence-corrected chi connectivity index (χ3v) is 7.55. The van der Waals surface area contributed by atoms with E-state index in [-0.39, 0.29) is 0 Å². The molecule has 156 valence electrons. The lowest BCUT2D eigenvalue weighted by molar-refractivity contribution is 0.260. The molecule has 1 aromatic carbocycles. The van der Waals surface area contributed by atoms with E-state index in [1.54, 1.807) is 17.2 Å². The van der Waals surface area contributed by atoms with Crippen LogP contribution in [0.4, 0.5) is 0 Å². The van der Waals surface area contributed by atoms with Gasteiger partial charge in [0, 0.05) is 6.08 Å². The van der Waals surface area contributed by atoms with Crippen LogP contribution in [0, 0.1) is 29.1 Å². The maximum atomic E-state index is 8.59. The molecule has 0 heterocycles. The maximum Gasteiger partial charge on any atom is 0.0908 e. The summed E-state index contributed by atoms with van der Waals surface area (Å²) in [5.41, 5.74) is 4.61. The maximum absolute atomic E-state index is 8.59. The number of aryl methyl sites for hydroxylation is 1. The van der Waals surface area contributed by atoms with Crippen molar-refractivity contribution in [3.63, 3.8) is 0 Å². The first kappa shape index (κ1) is 21.9. The van der Waals surface area contributed by atoms with Crippen LogP contribution in [0.25, 0.3) is 0 Å². The summed E-state index contributed by atoms with van der Waals surface area (Å²) in [6.07, 6.45) is 19.1. The highest BCUT2D eigenvalue weighted by molar-refractivity contribution is 5.26. The second kappa shape index (κ2) is 11.4. The van der Waals surface area contributed by atoms with Gasteiger partial charge in [-0.3, -0.25) is 0 Å². The Morgan fingerprint density at radius 3 is 2.21 bits per heavy atom. The molecule has 1 heteroatoms. The lowest BCUT2D eigenvalue weighted by Crippen LogP contribution is -2.22. The third-order valence-electron chi connectivity index (χ3n) is 7.55. The topological polar surface area (TPSA) is 23.8 Å². The summed E-state index contributed by atoms with van der Waals surface area (Å²) in [4.78, 5) is 0. The van der Waals surface area contributed by atoms with Crippen molar-refractivity contribution in [3.8, 4) is 6.07 Å². The molecule has 0 bridgehead atoms. The highest BCUT2D eigenvalue weighted by atomic mass is 14.3. The van der Waals surface area contributed by atoms with Crippen LogP contribution in [0.3, 0.4) is 0 Å². The molecule has 2 aliphatic rings. The fourth-order valence-corrected chi connectivity index (χ4v) is 5.67. The molecule has 0 atom stereocenters. The molecule has 0 saturated heterocycles. The zero-order chi connectivity index (χ0) is 20.5. The van der Waals surface area contributed by atoms with E-state index in [2.05, 4.69) is 43.8 Å². The van der Waals surface area contributed by atoms with Crippen LogP contribution < -0.4 is 0 Å². The molecule has 0 aromatic heterocycles. The minimum Gasteiger partial charge on any atom is -0.193 e. The molecule has 29 heavy (non-hydrogen) atoms. The van der Waals surface area contributed by atoms with Crippen LogP contribution in [0.1, 0.15) is 94.6 Å². The van der Waals surface area contributed by atoms with Gasteiger partial charge in [-0.1, -0.05) is 55.8 Å². The van der Waals surface area contributed by atoms with Gasteiger partial charge in [0.2, 0.25) is 0 Å². The van der Waals surface area contributed by atoms with Crippen molar-refractivity contribution < 1.29 is 0 Å². The Morgan fingerprint density at radius 1 is 1.00 bits per heavy atom. The number of hydrogen-bond donors (Lipinski definition) is 0. The summed E-state index contributed by atoms with van der Waals surface area (Å²) in [5.74, 6) is 3.13. The Morgan fingerprint density at radius 2 is 1.62 bits per heavy atom. The molecule has 2 aliphatic carbocycles. The molecular formula is C28H39N. The summed E-state index contributed by atoms with van der Waals surface area (Å²) in [6.45, 7) is 6.85. The number of rotatable bonds is 8. The zero-order valence-electron chi connectivity index (χ0n) is 18.4. The molecule has 2 saturated carbocycles. The van der Waals surface area contributed by atoms with Gasteiger partial charge in [0.25, 0.3) is 0 Å². The van der Waals surface area contributed by atoms with Gasteiger partial charge >= 0.3 is 0 Å². The average molecular weight is 390 g/mol. The van der Waals surface area contributed by atoms with Crippen LogP contribution in [0.5, 0.6) is 0 Å². The largest absolute Gasteiger partial charge is 0.193 e. The van der Waals surface area contributed by atoms with E-state index in [9.17, 15) is 0 Å². The number of hydrogen-bond acceptors (Lipinski definition) is 1. The van der Waals surface area contributed by atoms with E-state index in [4.69, 9.17) is 5.26 Å². The normalized spacial score (nSPS) is 27.6. The molecule has 0 radical (unpaired) electrons. The van der Waals surface area contributed by atoms with Gasteiger partial charge in [-0.05, 0) is 105 Å². The zero-order valence-corrected chi connectivity index (χ0v) is 18.4. The highest BCUT2D eigenvalue weighted by Gasteiger charge is 2.29. The molecule has 1 nitrogen and oxygen atoms in total. The second-order valence-corrected chi connectivity index (χ2v) is 9.44. The van der Waals surface area contributed by atoms with Crippen molar-refractivity contribution in [1.82, 2.24) is 0 Å². The summed E-state index contributed by atoms with van der Waals surface area (Å²) < 4.78 is 0. The molecule has 0 N–H and O–H groups in total. The highest BCUT2D eigenvalue weighted by Crippen LogP contribution is 2.44. The lowest BCUT2D eigenvalue weighted by atomic mass is 9.69. The predicted octanol–water partition coefficient (Wildman–Crippen LogP) is 8.14. The van der Waals surface area contributed by atoms with Crippen LogP contribution in [-0.2, 0) is 6.42 Å². The van der Waals surface area contributed by atoms with Crippen LogP contribution >= 0.6 is 0 Å². The first-order valence-electron chi connectivity index (χ1n) is 12.0. The fraction of sp³-hybridized carbons (Fsp3) is 0.607. The van der Waals surface area contributed by atoms with Gasteiger partial charge in [0.05, 0.1) is 6.07 Å². The summed E-state index contributed by atoms with van der Waals surface area (Å²) in [5, 5.41) is 8.59. The predicted molar refractivity (Wildman–Crippen MR) is 124 cm³/mol. The fourth-order valence-electron chi connectivity index (χ4n) is 5.67. The molecular weight excluding hydrogens is 350 g/mol. The standard InChI is InChI=1S/C28H39N/c1-3-7-23-11-15-27(16-12-23)28-19-17-26(18-20-28)22(2)25-13-9-24(10-14-25)8-5-4-6-21-29/h4,6,11-12,15-16,24-26,28H,2-3,5,7-10,13-14,17-20H2,1H3. The number of allylic oxidation sites excluding steroid dienone is 3. The molecule has 0 spiro atoms. The van der Waals surface area contributed by atoms with E-state index in [1.807, 2.05) is 6.08 Å². The van der Waals surface area contributed by atoms with Crippen molar-refractivity contribution in [2.24, 2.45) is 17.8 Å². The van der Waals surface area contributed by atoms with E-state index in [1.165, 1.54) is 76.2 Å². The molecule has 2 fully saturated rings. The van der Waals surface area contributed by atoms with Crippen molar-refractivity contribution in [2.45, 2.75) is 89.9 Å². The van der Waals surface area contributed by atoms with E-state index >= 15 is 0 Å². The van der Waals surface area contributed by atoms with Crippen LogP contribution in [0.2, 0.25) is 0 Å². The lowest BCUT2D eigenvalue weighted by Gasteiger charge is -2.36. The van der Waals surface area contributed by atoms with Gasteiger partial charge in [-0.15, -0.1) is 0 Å². The van der Waals surface area contributed by atoms with Crippen molar-refractivity contribution in [1.29, 1.82) is 5.26 Å². The van der Waals surface area contributed by atoms with E-state index in [0.717, 1.165) is 30.1 Å². The SMILES string of the molecule is C=C(C1CCC(CCC=CC#N)CC1)C1CCC(c2ccc(CCC)cc2)CC1. The third kappa shape index (κ3) is 6.33. The van der Waals surface area contributed by atoms with E-state index in [0.29, 0.717) is 0 Å². The van der Waals surface area contributed by atoms with Gasteiger partial charge in [0.15, 0.2) is 0 Å². The first-order valence-corrected chi connectivity index (χ1v) is 12.0. The monoisotopic (exact) mass is 389 g/mol. The molecule has 1 aromatic rings. The molecule has 0 unspecified atom stereocenters. The minimum atomic E-state index is 0.755.